The molecule has 0 aromatic heterocycles. The molecule has 1 saturated heterocycles. The molecular weight excluding hydrogens is 323 g/mol. The third kappa shape index (κ3) is 3.23. The monoisotopic (exact) mass is 346 g/mol. The molecular formula is C19H22OSe. The van der Waals surface area contributed by atoms with Crippen LogP contribution in [0.5, 0.6) is 0 Å². The summed E-state index contributed by atoms with van der Waals surface area (Å²) < 4.78 is 0. The molecule has 21 heavy (non-hydrogen) atoms. The van der Waals surface area contributed by atoms with Crippen LogP contribution in [0.3, 0.4) is 0 Å². The molecule has 4 atom stereocenters. The van der Waals surface area contributed by atoms with Gasteiger partial charge in [0.1, 0.15) is 0 Å². The van der Waals surface area contributed by atoms with Crippen LogP contribution in [0, 0.1) is 5.92 Å². The van der Waals surface area contributed by atoms with Gasteiger partial charge in [0.05, 0.1) is 0 Å². The summed E-state index contributed by atoms with van der Waals surface area (Å²) in [5.41, 5.74) is 2.80. The third-order valence-electron chi connectivity index (χ3n) is 4.42. The van der Waals surface area contributed by atoms with Gasteiger partial charge in [-0.2, -0.15) is 0 Å². The van der Waals surface area contributed by atoms with Crippen LogP contribution in [0.1, 0.15) is 40.5 Å². The zero-order valence-electron chi connectivity index (χ0n) is 12.4. The Balaban J connectivity index is 1.89. The third-order valence-corrected chi connectivity index (χ3v) is 8.00. The number of hydrogen-bond donors (Lipinski definition) is 1. The minimum atomic E-state index is -0.180. The first-order valence-corrected chi connectivity index (χ1v) is 9.70. The zero-order valence-corrected chi connectivity index (χ0v) is 14.1. The van der Waals surface area contributed by atoms with Gasteiger partial charge in [-0.25, -0.2) is 0 Å². The first kappa shape index (κ1) is 14.8. The van der Waals surface area contributed by atoms with E-state index in [-0.39, 0.29) is 6.10 Å². The van der Waals surface area contributed by atoms with Crippen LogP contribution in [0.25, 0.3) is 0 Å². The van der Waals surface area contributed by atoms with E-state index >= 15 is 0 Å². The Bertz CT molecular complexity index is 554. The SMILES string of the molecule is CC[C@@H]1[C@@H](c2ccccc2)[Se][C@@H](c2ccccc2)C[C@@H]1O. The van der Waals surface area contributed by atoms with Crippen molar-refractivity contribution in [2.75, 3.05) is 0 Å². The molecule has 2 aromatic carbocycles. The zero-order chi connectivity index (χ0) is 14.7. The van der Waals surface area contributed by atoms with Crippen molar-refractivity contribution in [3.8, 4) is 0 Å². The van der Waals surface area contributed by atoms with Gasteiger partial charge in [0.15, 0.2) is 0 Å². The van der Waals surface area contributed by atoms with Crippen LogP contribution < -0.4 is 0 Å². The second-order valence-corrected chi connectivity index (χ2v) is 8.57. The van der Waals surface area contributed by atoms with Crippen molar-refractivity contribution in [3.63, 3.8) is 0 Å². The Kier molecular flexibility index (Phi) is 4.80. The van der Waals surface area contributed by atoms with Crippen LogP contribution in [-0.4, -0.2) is 26.2 Å². The van der Waals surface area contributed by atoms with Crippen molar-refractivity contribution in [1.82, 2.24) is 0 Å². The van der Waals surface area contributed by atoms with E-state index in [1.54, 1.807) is 0 Å². The first-order valence-electron chi connectivity index (χ1n) is 7.73. The molecule has 110 valence electrons. The molecule has 0 spiro atoms. The standard InChI is InChI=1S/C19H22OSe/c1-2-16-17(20)13-18(14-9-5-3-6-10-14)21-19(16)15-11-7-4-8-12-15/h3-12,16-20H,2,13H2,1H3/t16-,17-,18+,19+/m0/s1. The van der Waals surface area contributed by atoms with Gasteiger partial charge in [-0.3, -0.25) is 0 Å². The molecule has 3 rings (SSSR count). The van der Waals surface area contributed by atoms with Crippen molar-refractivity contribution < 1.29 is 5.11 Å². The second-order valence-electron chi connectivity index (χ2n) is 5.74. The van der Waals surface area contributed by atoms with Crippen LogP contribution >= 0.6 is 0 Å². The fourth-order valence-corrected chi connectivity index (χ4v) is 7.18. The Hall–Kier alpha value is -1.08. The van der Waals surface area contributed by atoms with Crippen molar-refractivity contribution >= 4 is 15.0 Å². The quantitative estimate of drug-likeness (QED) is 0.835. The Morgan fingerprint density at radius 3 is 2.10 bits per heavy atom. The van der Waals surface area contributed by atoms with E-state index in [1.165, 1.54) is 11.1 Å². The molecule has 0 unspecified atom stereocenters. The Morgan fingerprint density at radius 1 is 0.952 bits per heavy atom. The summed E-state index contributed by atoms with van der Waals surface area (Å²) in [6, 6.07) is 21.5. The predicted molar refractivity (Wildman–Crippen MR) is 88.5 cm³/mol. The van der Waals surface area contributed by atoms with E-state index in [0.29, 0.717) is 30.5 Å². The summed E-state index contributed by atoms with van der Waals surface area (Å²) >= 11 is 0.489. The van der Waals surface area contributed by atoms with Gasteiger partial charge in [-0.05, 0) is 0 Å². The van der Waals surface area contributed by atoms with Gasteiger partial charge >= 0.3 is 133 Å². The van der Waals surface area contributed by atoms with Gasteiger partial charge < -0.3 is 0 Å². The molecule has 0 saturated carbocycles. The molecule has 2 heteroatoms. The Labute approximate surface area is 133 Å². The molecule has 2 aromatic rings. The molecule has 1 nitrogen and oxygen atoms in total. The molecule has 1 aliphatic heterocycles. The van der Waals surface area contributed by atoms with Crippen LogP contribution in [-0.2, 0) is 0 Å². The Morgan fingerprint density at radius 2 is 1.52 bits per heavy atom. The molecule has 0 amide bonds. The maximum atomic E-state index is 10.6. The van der Waals surface area contributed by atoms with Gasteiger partial charge in [0.2, 0.25) is 0 Å². The summed E-state index contributed by atoms with van der Waals surface area (Å²) in [6.07, 6.45) is 1.80. The van der Waals surface area contributed by atoms with E-state index in [1.807, 2.05) is 0 Å². The van der Waals surface area contributed by atoms with Crippen molar-refractivity contribution in [3.05, 3.63) is 71.8 Å². The summed E-state index contributed by atoms with van der Waals surface area (Å²) in [5, 5.41) is 10.6. The molecule has 0 radical (unpaired) electrons. The molecule has 1 N–H and O–H groups in total. The fourth-order valence-electron chi connectivity index (χ4n) is 3.27. The fraction of sp³-hybridized carbons (Fsp3) is 0.368. The average Bonchev–Trinajstić information content (AvgIpc) is 2.55. The maximum absolute atomic E-state index is 10.6. The normalized spacial score (nSPS) is 29.2. The van der Waals surface area contributed by atoms with Crippen LogP contribution in [0.2, 0.25) is 0 Å². The molecule has 0 bridgehead atoms. The van der Waals surface area contributed by atoms with Gasteiger partial charge in [0.25, 0.3) is 0 Å². The van der Waals surface area contributed by atoms with Gasteiger partial charge in [-0.1, -0.05) is 0 Å². The second kappa shape index (κ2) is 6.79. The first-order chi connectivity index (χ1) is 10.3. The summed E-state index contributed by atoms with van der Waals surface area (Å²) in [5.74, 6) is 0.410. The van der Waals surface area contributed by atoms with E-state index in [2.05, 4.69) is 67.6 Å². The van der Waals surface area contributed by atoms with E-state index < -0.39 is 0 Å². The van der Waals surface area contributed by atoms with Crippen molar-refractivity contribution in [2.45, 2.75) is 35.5 Å². The number of hydrogen-bond acceptors (Lipinski definition) is 1. The molecule has 1 fully saturated rings. The number of benzene rings is 2. The molecule has 1 heterocycles. The van der Waals surface area contributed by atoms with E-state index in [9.17, 15) is 5.11 Å². The molecule has 0 aliphatic carbocycles. The summed E-state index contributed by atoms with van der Waals surface area (Å²) in [7, 11) is 0. The van der Waals surface area contributed by atoms with Crippen LogP contribution in [0.4, 0.5) is 0 Å². The van der Waals surface area contributed by atoms with Gasteiger partial charge in [0, 0.05) is 0 Å². The number of rotatable bonds is 3. The number of aliphatic hydroxyl groups is 1. The topological polar surface area (TPSA) is 20.2 Å². The van der Waals surface area contributed by atoms with Crippen molar-refractivity contribution in [1.29, 1.82) is 0 Å². The average molecular weight is 345 g/mol. The van der Waals surface area contributed by atoms with Crippen molar-refractivity contribution in [2.24, 2.45) is 5.92 Å². The minimum absolute atomic E-state index is 0.180. The van der Waals surface area contributed by atoms with Crippen LogP contribution in [0.15, 0.2) is 60.7 Å². The summed E-state index contributed by atoms with van der Waals surface area (Å²) in [4.78, 5) is 1.05. The summed E-state index contributed by atoms with van der Waals surface area (Å²) in [6.45, 7) is 2.21. The van der Waals surface area contributed by atoms with E-state index in [0.717, 1.165) is 12.8 Å². The predicted octanol–water partition coefficient (Wildman–Crippen LogP) is 3.96. The van der Waals surface area contributed by atoms with Gasteiger partial charge in [-0.15, -0.1) is 0 Å². The number of aliphatic hydroxyl groups excluding tert-OH is 1. The van der Waals surface area contributed by atoms with E-state index in [4.69, 9.17) is 0 Å². The molecule has 1 aliphatic rings.